The molecule has 4 rings (SSSR count). The van der Waals surface area contributed by atoms with Gasteiger partial charge in [0.25, 0.3) is 0 Å². The molecule has 1 fully saturated rings. The summed E-state index contributed by atoms with van der Waals surface area (Å²) in [5.41, 5.74) is 1.11. The van der Waals surface area contributed by atoms with Gasteiger partial charge in [0.2, 0.25) is 5.91 Å². The number of nitrogens with zero attached hydrogens (tertiary/aromatic N) is 1. The van der Waals surface area contributed by atoms with Gasteiger partial charge < -0.3 is 24.4 Å². The molecule has 1 atom stereocenters. The van der Waals surface area contributed by atoms with E-state index in [2.05, 4.69) is 10.2 Å². The molecule has 0 spiro atoms. The van der Waals surface area contributed by atoms with Crippen LogP contribution in [-0.4, -0.2) is 71.0 Å². The first kappa shape index (κ1) is 27.3. The largest absolute Gasteiger partial charge is 0.497 e. The summed E-state index contributed by atoms with van der Waals surface area (Å²) in [5, 5.41) is 3.23. The number of ether oxygens (including phenoxy) is 3. The highest BCUT2D eigenvalue weighted by Crippen LogP contribution is 2.31. The number of unbranched alkanes of at least 4 members (excludes halogenated alkanes) is 2. The van der Waals surface area contributed by atoms with Crippen molar-refractivity contribution in [1.82, 2.24) is 10.2 Å². The molecule has 0 bridgehead atoms. The van der Waals surface area contributed by atoms with Gasteiger partial charge in [0, 0.05) is 19.0 Å². The summed E-state index contributed by atoms with van der Waals surface area (Å²) in [6.45, 7) is 4.06. The standard InChI is InChI=1S/C28H38N2O6S/c1-34-24-9-11-25(12-10-24)37(32,33)18-6-2-3-7-28(31)29-23(21-30-14-4-5-15-30)19-22-8-13-26-27(20-22)36-17-16-35-26/h8-13,20,23H,2-7,14-19,21H2,1H3,(H,29,31)/t23-/m0/s1. The Labute approximate surface area is 220 Å². The minimum absolute atomic E-state index is 0.00334. The maximum Gasteiger partial charge on any atom is 0.220 e. The van der Waals surface area contributed by atoms with Crippen LogP contribution in [0.15, 0.2) is 47.4 Å². The van der Waals surface area contributed by atoms with Gasteiger partial charge in [-0.05, 0) is 87.2 Å². The molecule has 0 unspecified atom stereocenters. The normalized spacial score (nSPS) is 16.4. The third kappa shape index (κ3) is 8.10. The Hall–Kier alpha value is -2.78. The van der Waals surface area contributed by atoms with Gasteiger partial charge >= 0.3 is 0 Å². The Morgan fingerprint density at radius 3 is 2.46 bits per heavy atom. The van der Waals surface area contributed by atoms with Gasteiger partial charge in [-0.15, -0.1) is 0 Å². The van der Waals surface area contributed by atoms with Crippen molar-refractivity contribution < 1.29 is 27.4 Å². The number of hydrogen-bond acceptors (Lipinski definition) is 7. The van der Waals surface area contributed by atoms with E-state index in [1.54, 1.807) is 31.4 Å². The number of methoxy groups -OCH3 is 1. The molecule has 0 radical (unpaired) electrons. The molecular formula is C28H38N2O6S. The quantitative estimate of drug-likeness (QED) is 0.395. The second-order valence-electron chi connectivity index (χ2n) is 9.76. The Kier molecular flexibility index (Phi) is 9.68. The lowest BCUT2D eigenvalue weighted by molar-refractivity contribution is -0.122. The number of carbonyl (C=O) groups is 1. The third-order valence-corrected chi connectivity index (χ3v) is 8.68. The first-order valence-electron chi connectivity index (χ1n) is 13.2. The Morgan fingerprint density at radius 2 is 1.73 bits per heavy atom. The van der Waals surface area contributed by atoms with Crippen molar-refractivity contribution in [3.05, 3.63) is 48.0 Å². The van der Waals surface area contributed by atoms with Crippen LogP contribution in [0.1, 0.15) is 44.1 Å². The molecule has 2 aromatic rings. The van der Waals surface area contributed by atoms with Crippen LogP contribution in [0.2, 0.25) is 0 Å². The van der Waals surface area contributed by atoms with E-state index in [4.69, 9.17) is 14.2 Å². The summed E-state index contributed by atoms with van der Waals surface area (Å²) < 4.78 is 41.6. The summed E-state index contributed by atoms with van der Waals surface area (Å²) in [4.78, 5) is 15.5. The molecule has 0 aliphatic carbocycles. The molecule has 2 heterocycles. The van der Waals surface area contributed by atoms with Gasteiger partial charge in [-0.2, -0.15) is 0 Å². The molecule has 1 saturated heterocycles. The summed E-state index contributed by atoms with van der Waals surface area (Å²) in [5.74, 6) is 2.24. The summed E-state index contributed by atoms with van der Waals surface area (Å²) in [6.07, 6.45) is 5.37. The van der Waals surface area contributed by atoms with Crippen LogP contribution in [0.3, 0.4) is 0 Å². The molecular weight excluding hydrogens is 492 g/mol. The predicted molar refractivity (Wildman–Crippen MR) is 142 cm³/mol. The summed E-state index contributed by atoms with van der Waals surface area (Å²) in [6, 6.07) is 12.5. The lowest BCUT2D eigenvalue weighted by Crippen LogP contribution is -2.44. The third-order valence-electron chi connectivity index (χ3n) is 6.87. The molecule has 37 heavy (non-hydrogen) atoms. The van der Waals surface area contributed by atoms with E-state index in [9.17, 15) is 13.2 Å². The van der Waals surface area contributed by atoms with Crippen molar-refractivity contribution in [3.63, 3.8) is 0 Å². The van der Waals surface area contributed by atoms with E-state index in [1.165, 1.54) is 12.8 Å². The minimum Gasteiger partial charge on any atom is -0.497 e. The maximum atomic E-state index is 12.8. The number of carbonyl (C=O) groups excluding carboxylic acids is 1. The van der Waals surface area contributed by atoms with Crippen molar-refractivity contribution in [1.29, 1.82) is 0 Å². The molecule has 8 nitrogen and oxygen atoms in total. The van der Waals surface area contributed by atoms with Gasteiger partial charge in [-0.3, -0.25) is 4.79 Å². The van der Waals surface area contributed by atoms with Crippen LogP contribution in [0.5, 0.6) is 17.2 Å². The highest BCUT2D eigenvalue weighted by molar-refractivity contribution is 7.91. The monoisotopic (exact) mass is 530 g/mol. The van der Waals surface area contributed by atoms with E-state index in [0.717, 1.165) is 43.1 Å². The van der Waals surface area contributed by atoms with Crippen molar-refractivity contribution in [3.8, 4) is 17.2 Å². The van der Waals surface area contributed by atoms with E-state index in [-0.39, 0.29) is 17.7 Å². The topological polar surface area (TPSA) is 94.2 Å². The fraction of sp³-hybridized carbons (Fsp3) is 0.536. The second-order valence-corrected chi connectivity index (χ2v) is 11.9. The maximum absolute atomic E-state index is 12.8. The zero-order valence-electron chi connectivity index (χ0n) is 21.6. The number of sulfone groups is 1. The smallest absolute Gasteiger partial charge is 0.220 e. The lowest BCUT2D eigenvalue weighted by atomic mass is 10.0. The molecule has 0 aromatic heterocycles. The number of rotatable bonds is 13. The highest BCUT2D eigenvalue weighted by Gasteiger charge is 2.21. The van der Waals surface area contributed by atoms with Gasteiger partial charge in [0.15, 0.2) is 21.3 Å². The number of likely N-dealkylation sites (tertiary alicyclic amines) is 1. The molecule has 202 valence electrons. The van der Waals surface area contributed by atoms with Crippen molar-refractivity contribution >= 4 is 15.7 Å². The number of benzene rings is 2. The predicted octanol–water partition coefficient (Wildman–Crippen LogP) is 3.62. The van der Waals surface area contributed by atoms with Crippen LogP contribution in [-0.2, 0) is 21.1 Å². The van der Waals surface area contributed by atoms with Crippen LogP contribution in [0.25, 0.3) is 0 Å². The Morgan fingerprint density at radius 1 is 1.00 bits per heavy atom. The SMILES string of the molecule is COc1ccc(S(=O)(=O)CCCCCC(=O)N[C@@H](Cc2ccc3c(c2)OCCO3)CN2CCCC2)cc1. The van der Waals surface area contributed by atoms with Crippen molar-refractivity contribution in [2.24, 2.45) is 0 Å². The fourth-order valence-corrected chi connectivity index (χ4v) is 6.26. The van der Waals surface area contributed by atoms with E-state index < -0.39 is 9.84 Å². The van der Waals surface area contributed by atoms with Crippen LogP contribution >= 0.6 is 0 Å². The fourth-order valence-electron chi connectivity index (χ4n) is 4.89. The Bertz CT molecular complexity index is 1130. The molecule has 1 amide bonds. The van der Waals surface area contributed by atoms with Gasteiger partial charge in [-0.1, -0.05) is 12.5 Å². The Balaban J connectivity index is 1.24. The van der Waals surface area contributed by atoms with E-state index in [0.29, 0.717) is 49.5 Å². The molecule has 9 heteroatoms. The minimum atomic E-state index is -3.34. The summed E-state index contributed by atoms with van der Waals surface area (Å²) in [7, 11) is -1.79. The zero-order chi connectivity index (χ0) is 26.1. The van der Waals surface area contributed by atoms with Gasteiger partial charge in [0.1, 0.15) is 19.0 Å². The van der Waals surface area contributed by atoms with E-state index >= 15 is 0 Å². The first-order chi connectivity index (χ1) is 17.9. The number of nitrogens with one attached hydrogen (secondary N) is 1. The van der Waals surface area contributed by atoms with Crippen molar-refractivity contribution in [2.45, 2.75) is 55.9 Å². The second kappa shape index (κ2) is 13.1. The average Bonchev–Trinajstić information content (AvgIpc) is 3.41. The molecule has 0 saturated carbocycles. The summed E-state index contributed by atoms with van der Waals surface area (Å²) >= 11 is 0. The van der Waals surface area contributed by atoms with Crippen molar-refractivity contribution in [2.75, 3.05) is 45.7 Å². The highest BCUT2D eigenvalue weighted by atomic mass is 32.2. The molecule has 2 aliphatic heterocycles. The molecule has 2 aliphatic rings. The van der Waals surface area contributed by atoms with Gasteiger partial charge in [0.05, 0.1) is 17.8 Å². The van der Waals surface area contributed by atoms with E-state index in [1.807, 2.05) is 18.2 Å². The number of hydrogen-bond donors (Lipinski definition) is 1. The van der Waals surface area contributed by atoms with Crippen LogP contribution in [0, 0.1) is 0 Å². The zero-order valence-corrected chi connectivity index (χ0v) is 22.4. The first-order valence-corrected chi connectivity index (χ1v) is 14.9. The van der Waals surface area contributed by atoms with Crippen LogP contribution in [0.4, 0.5) is 0 Å². The van der Waals surface area contributed by atoms with Gasteiger partial charge in [-0.25, -0.2) is 8.42 Å². The average molecular weight is 531 g/mol. The lowest BCUT2D eigenvalue weighted by Gasteiger charge is -2.25. The molecule has 2 aromatic carbocycles. The molecule has 1 N–H and O–H groups in total. The van der Waals surface area contributed by atoms with Crippen LogP contribution < -0.4 is 19.5 Å². The number of amides is 1. The number of fused-ring (bicyclic) bond motifs is 1.